The fraction of sp³-hybridized carbons (Fsp3) is 0.333. The van der Waals surface area contributed by atoms with Gasteiger partial charge in [-0.15, -0.1) is 9.81 Å². The number of rotatable bonds is 2. The van der Waals surface area contributed by atoms with Crippen LogP contribution in [0.25, 0.3) is 0 Å². The van der Waals surface area contributed by atoms with Crippen LogP contribution in [0, 0.1) is 9.81 Å². The lowest BCUT2D eigenvalue weighted by Crippen LogP contribution is -2.37. The van der Waals surface area contributed by atoms with Gasteiger partial charge in [-0.3, -0.25) is 0 Å². The van der Waals surface area contributed by atoms with Crippen LogP contribution in [0.3, 0.4) is 0 Å². The third-order valence-corrected chi connectivity index (χ3v) is 1.50. The lowest BCUT2D eigenvalue weighted by Gasteiger charge is -2.21. The van der Waals surface area contributed by atoms with Gasteiger partial charge >= 0.3 is 0 Å². The second kappa shape index (κ2) is 2.82. The van der Waals surface area contributed by atoms with Crippen LogP contribution < -0.4 is 0 Å². The minimum atomic E-state index is -2.25. The van der Waals surface area contributed by atoms with Gasteiger partial charge in [0.15, 0.2) is 6.04 Å². The SMILES string of the molecule is O=NC1C=CC(O)=CC1(O)N=O. The fourth-order valence-corrected chi connectivity index (χ4v) is 0.876. The standard InChI is InChI=1S/C6H6N2O4/c9-4-1-2-5(7-11)6(10,3-4)8-12/h1-3,5,9-10H. The van der Waals surface area contributed by atoms with Crippen molar-refractivity contribution in [3.8, 4) is 0 Å². The van der Waals surface area contributed by atoms with Crippen LogP contribution in [-0.2, 0) is 0 Å². The number of nitroso groups, excluding NO2 is 2. The summed E-state index contributed by atoms with van der Waals surface area (Å²) in [5.74, 6) is -0.322. The number of hydrogen-bond acceptors (Lipinski definition) is 6. The summed E-state index contributed by atoms with van der Waals surface area (Å²) >= 11 is 0. The van der Waals surface area contributed by atoms with E-state index in [9.17, 15) is 14.9 Å². The first-order valence-electron chi connectivity index (χ1n) is 3.12. The maximum atomic E-state index is 10.1. The molecule has 0 aliphatic heterocycles. The summed E-state index contributed by atoms with van der Waals surface area (Å²) in [6.45, 7) is 0. The molecule has 0 saturated heterocycles. The van der Waals surface area contributed by atoms with Gasteiger partial charge in [0.05, 0.1) is 0 Å². The molecule has 0 radical (unpaired) electrons. The predicted molar refractivity (Wildman–Crippen MR) is 40.2 cm³/mol. The second-order valence-electron chi connectivity index (χ2n) is 2.35. The molecule has 0 aromatic heterocycles. The minimum Gasteiger partial charge on any atom is -0.508 e. The first kappa shape index (κ1) is 8.54. The average molecular weight is 170 g/mol. The van der Waals surface area contributed by atoms with Crippen molar-refractivity contribution in [3.05, 3.63) is 33.8 Å². The molecule has 0 spiro atoms. The topological polar surface area (TPSA) is 99.3 Å². The van der Waals surface area contributed by atoms with Crippen molar-refractivity contribution in [1.82, 2.24) is 0 Å². The highest BCUT2D eigenvalue weighted by atomic mass is 16.4. The first-order valence-corrected chi connectivity index (χ1v) is 3.12. The summed E-state index contributed by atoms with van der Waals surface area (Å²) in [5.41, 5.74) is -2.25. The van der Waals surface area contributed by atoms with E-state index in [0.29, 0.717) is 0 Å². The van der Waals surface area contributed by atoms with Crippen molar-refractivity contribution in [2.45, 2.75) is 11.8 Å². The molecule has 12 heavy (non-hydrogen) atoms. The molecular weight excluding hydrogens is 164 g/mol. The van der Waals surface area contributed by atoms with E-state index in [1.54, 1.807) is 0 Å². The molecule has 0 bridgehead atoms. The second-order valence-corrected chi connectivity index (χ2v) is 2.35. The van der Waals surface area contributed by atoms with Crippen molar-refractivity contribution < 1.29 is 10.2 Å². The summed E-state index contributed by atoms with van der Waals surface area (Å²) in [7, 11) is 0. The Hall–Kier alpha value is -1.56. The monoisotopic (exact) mass is 170 g/mol. The largest absolute Gasteiger partial charge is 0.508 e. The molecule has 2 N–H and O–H groups in total. The molecule has 0 heterocycles. The van der Waals surface area contributed by atoms with Crippen LogP contribution >= 0.6 is 0 Å². The Bertz CT molecular complexity index is 273. The Morgan fingerprint density at radius 2 is 2.17 bits per heavy atom. The molecule has 0 fully saturated rings. The fourth-order valence-electron chi connectivity index (χ4n) is 0.876. The summed E-state index contributed by atoms with van der Waals surface area (Å²) in [4.78, 5) is 20.2. The van der Waals surface area contributed by atoms with Crippen LogP contribution in [0.2, 0.25) is 0 Å². The molecule has 6 heteroatoms. The van der Waals surface area contributed by atoms with Crippen LogP contribution in [0.4, 0.5) is 0 Å². The van der Waals surface area contributed by atoms with E-state index in [2.05, 4.69) is 10.4 Å². The molecule has 0 saturated carbocycles. The van der Waals surface area contributed by atoms with Crippen LogP contribution in [0.1, 0.15) is 0 Å². The quantitative estimate of drug-likeness (QED) is 0.592. The average Bonchev–Trinajstić information content (AvgIpc) is 2.05. The normalized spacial score (nSPS) is 34.1. The molecular formula is C6H6N2O4. The molecule has 0 aromatic rings. The Morgan fingerprint density at radius 1 is 1.50 bits per heavy atom. The predicted octanol–water partition coefficient (Wildman–Crippen LogP) is 0.588. The molecule has 1 aliphatic carbocycles. The van der Waals surface area contributed by atoms with Crippen LogP contribution in [-0.4, -0.2) is 22.0 Å². The third-order valence-electron chi connectivity index (χ3n) is 1.50. The highest BCUT2D eigenvalue weighted by Gasteiger charge is 2.39. The smallest absolute Gasteiger partial charge is 0.250 e. The van der Waals surface area contributed by atoms with Crippen molar-refractivity contribution in [3.63, 3.8) is 0 Å². The third kappa shape index (κ3) is 1.24. The van der Waals surface area contributed by atoms with Crippen LogP contribution in [0.15, 0.2) is 34.3 Å². The van der Waals surface area contributed by atoms with E-state index in [0.717, 1.165) is 18.2 Å². The van der Waals surface area contributed by atoms with Crippen molar-refractivity contribution in [1.29, 1.82) is 0 Å². The van der Waals surface area contributed by atoms with Gasteiger partial charge in [0.2, 0.25) is 5.72 Å². The summed E-state index contributed by atoms with van der Waals surface area (Å²) in [6, 6.07) is -1.27. The van der Waals surface area contributed by atoms with E-state index >= 15 is 0 Å². The van der Waals surface area contributed by atoms with Crippen molar-refractivity contribution in [2.75, 3.05) is 0 Å². The van der Waals surface area contributed by atoms with Gasteiger partial charge in [-0.1, -0.05) is 5.18 Å². The summed E-state index contributed by atoms with van der Waals surface area (Å²) in [6.07, 6.45) is 3.03. The van der Waals surface area contributed by atoms with Gasteiger partial charge in [-0.05, 0) is 17.3 Å². The maximum Gasteiger partial charge on any atom is 0.250 e. The molecule has 2 atom stereocenters. The Labute approximate surface area is 67.2 Å². The molecule has 1 rings (SSSR count). The van der Waals surface area contributed by atoms with Gasteiger partial charge in [0, 0.05) is 6.08 Å². The molecule has 1 aliphatic rings. The number of aliphatic hydroxyl groups is 2. The highest BCUT2D eigenvalue weighted by molar-refractivity contribution is 5.27. The van der Waals surface area contributed by atoms with E-state index in [4.69, 9.17) is 5.11 Å². The maximum absolute atomic E-state index is 10.1. The summed E-state index contributed by atoms with van der Waals surface area (Å²) in [5, 5.41) is 22.9. The molecule has 0 aromatic carbocycles. The van der Waals surface area contributed by atoms with Crippen molar-refractivity contribution in [2.24, 2.45) is 10.4 Å². The van der Waals surface area contributed by atoms with E-state index in [-0.39, 0.29) is 5.76 Å². The van der Waals surface area contributed by atoms with Gasteiger partial charge in [0.25, 0.3) is 0 Å². The zero-order valence-electron chi connectivity index (χ0n) is 5.91. The zero-order chi connectivity index (χ0) is 9.19. The number of aliphatic hydroxyl groups excluding tert-OH is 1. The molecule has 6 nitrogen and oxygen atoms in total. The molecule has 2 unspecified atom stereocenters. The Balaban J connectivity index is 3.04. The van der Waals surface area contributed by atoms with E-state index < -0.39 is 11.8 Å². The van der Waals surface area contributed by atoms with E-state index in [1.807, 2.05) is 0 Å². The lowest BCUT2D eigenvalue weighted by atomic mass is 10.00. The van der Waals surface area contributed by atoms with Crippen molar-refractivity contribution >= 4 is 0 Å². The van der Waals surface area contributed by atoms with Crippen LogP contribution in [0.5, 0.6) is 0 Å². The Kier molecular flexibility index (Phi) is 2.01. The van der Waals surface area contributed by atoms with Gasteiger partial charge in [0.1, 0.15) is 5.76 Å². The molecule has 0 amide bonds. The number of hydrogen-bond donors (Lipinski definition) is 2. The zero-order valence-corrected chi connectivity index (χ0v) is 5.91. The van der Waals surface area contributed by atoms with Gasteiger partial charge < -0.3 is 10.2 Å². The molecule has 64 valence electrons. The highest BCUT2D eigenvalue weighted by Crippen LogP contribution is 2.24. The van der Waals surface area contributed by atoms with E-state index in [1.165, 1.54) is 0 Å². The van der Waals surface area contributed by atoms with Gasteiger partial charge in [-0.25, -0.2) is 0 Å². The van der Waals surface area contributed by atoms with Gasteiger partial charge in [-0.2, -0.15) is 0 Å². The Morgan fingerprint density at radius 3 is 2.67 bits per heavy atom. The number of allylic oxidation sites excluding steroid dienone is 1. The summed E-state index contributed by atoms with van der Waals surface area (Å²) < 4.78 is 0. The number of nitrogens with zero attached hydrogens (tertiary/aromatic N) is 2. The minimum absolute atomic E-state index is 0.322. The lowest BCUT2D eigenvalue weighted by molar-refractivity contribution is 0.0801. The first-order chi connectivity index (χ1) is 5.62.